The van der Waals surface area contributed by atoms with Crippen molar-refractivity contribution < 1.29 is 4.79 Å². The third-order valence-corrected chi connectivity index (χ3v) is 7.71. The van der Waals surface area contributed by atoms with Crippen LogP contribution < -0.4 is 16.4 Å². The minimum absolute atomic E-state index is 0.00132. The first-order valence-electron chi connectivity index (χ1n) is 13.5. The average molecular weight is 519 g/mol. The Bertz CT molecular complexity index is 1260. The average Bonchev–Trinajstić information content (AvgIpc) is 3.19. The molecule has 1 amide bonds. The first-order valence-corrected chi connectivity index (χ1v) is 13.9. The van der Waals surface area contributed by atoms with E-state index < -0.39 is 0 Å². The monoisotopic (exact) mass is 518 g/mol. The van der Waals surface area contributed by atoms with Crippen LogP contribution in [0.3, 0.4) is 0 Å². The number of nitrogens with two attached hydrogens (primary N) is 1. The highest BCUT2D eigenvalue weighted by molar-refractivity contribution is 6.31. The molecule has 1 heterocycles. The summed E-state index contributed by atoms with van der Waals surface area (Å²) in [6.07, 6.45) is 10.8. The van der Waals surface area contributed by atoms with Crippen molar-refractivity contribution in [2.24, 2.45) is 10.7 Å². The van der Waals surface area contributed by atoms with Gasteiger partial charge in [0.2, 0.25) is 5.82 Å². The van der Waals surface area contributed by atoms with Crippen molar-refractivity contribution in [3.63, 3.8) is 0 Å². The SMILES string of the molecule is NC(=N[C@@H]1CCCC[C@@H]1Nc1nc(C(=O)NC2CCCCCC2)nc2ccc(Cl)cc12)c1ccccc1. The molecule has 0 unspecified atom stereocenters. The van der Waals surface area contributed by atoms with Gasteiger partial charge in [-0.2, -0.15) is 0 Å². The van der Waals surface area contributed by atoms with Crippen LogP contribution in [0.2, 0.25) is 5.02 Å². The number of halogens is 1. The second-order valence-electron chi connectivity index (χ2n) is 10.2. The van der Waals surface area contributed by atoms with Gasteiger partial charge in [0.15, 0.2) is 0 Å². The Morgan fingerprint density at radius 2 is 1.65 bits per heavy atom. The number of fused-ring (bicyclic) bond motifs is 1. The van der Waals surface area contributed by atoms with E-state index in [1.54, 1.807) is 6.07 Å². The summed E-state index contributed by atoms with van der Waals surface area (Å²) < 4.78 is 0. The Morgan fingerprint density at radius 3 is 2.43 bits per heavy atom. The number of aliphatic imine (C=N–C) groups is 1. The minimum Gasteiger partial charge on any atom is -0.383 e. The highest BCUT2D eigenvalue weighted by Crippen LogP contribution is 2.29. The molecule has 2 fully saturated rings. The van der Waals surface area contributed by atoms with E-state index in [-0.39, 0.29) is 29.9 Å². The maximum absolute atomic E-state index is 13.2. The summed E-state index contributed by atoms with van der Waals surface area (Å²) in [6, 6.07) is 15.5. The standard InChI is InChI=1S/C29H35ClN6O/c30-20-16-17-23-22(18-20)27(36-28(34-23)29(37)32-21-12-6-1-2-7-13-21)35-25-15-9-8-14-24(25)33-26(31)19-10-4-3-5-11-19/h3-5,10-11,16-18,21,24-25H,1-2,6-9,12-15H2,(H2,31,33)(H,32,37)(H,34,35,36)/t24-,25+/m1/s1. The normalized spacial score (nSPS) is 21.4. The second-order valence-corrected chi connectivity index (χ2v) is 10.6. The van der Waals surface area contributed by atoms with Crippen LogP contribution in [0.25, 0.3) is 10.9 Å². The maximum Gasteiger partial charge on any atom is 0.289 e. The van der Waals surface area contributed by atoms with E-state index in [4.69, 9.17) is 27.3 Å². The summed E-state index contributed by atoms with van der Waals surface area (Å²) in [5.74, 6) is 1.11. The Balaban J connectivity index is 1.43. The third kappa shape index (κ3) is 6.39. The molecule has 37 heavy (non-hydrogen) atoms. The lowest BCUT2D eigenvalue weighted by Crippen LogP contribution is -2.38. The number of anilines is 1. The van der Waals surface area contributed by atoms with Crippen LogP contribution in [0.1, 0.15) is 80.4 Å². The lowest BCUT2D eigenvalue weighted by molar-refractivity contribution is 0.0923. The van der Waals surface area contributed by atoms with Crippen molar-refractivity contribution in [2.45, 2.75) is 82.3 Å². The number of nitrogens with zero attached hydrogens (tertiary/aromatic N) is 3. The van der Waals surface area contributed by atoms with Crippen LogP contribution in [0, 0.1) is 0 Å². The van der Waals surface area contributed by atoms with E-state index in [1.807, 2.05) is 42.5 Å². The number of amides is 1. The number of rotatable bonds is 6. The smallest absolute Gasteiger partial charge is 0.289 e. The van der Waals surface area contributed by atoms with Gasteiger partial charge in [-0.1, -0.05) is 80.5 Å². The van der Waals surface area contributed by atoms with Crippen LogP contribution in [-0.4, -0.2) is 39.8 Å². The lowest BCUT2D eigenvalue weighted by atomic mass is 9.90. The second kappa shape index (κ2) is 11.9. The molecule has 2 saturated carbocycles. The number of hydrogen-bond acceptors (Lipinski definition) is 5. The largest absolute Gasteiger partial charge is 0.383 e. The molecule has 2 aliphatic rings. The zero-order valence-corrected chi connectivity index (χ0v) is 21.9. The molecule has 2 aliphatic carbocycles. The number of aromatic nitrogens is 2. The molecule has 5 rings (SSSR count). The summed E-state index contributed by atoms with van der Waals surface area (Å²) >= 11 is 6.34. The molecular weight excluding hydrogens is 484 g/mol. The predicted molar refractivity (Wildman–Crippen MR) is 150 cm³/mol. The van der Waals surface area contributed by atoms with Gasteiger partial charge < -0.3 is 16.4 Å². The molecule has 7 nitrogen and oxygen atoms in total. The topological polar surface area (TPSA) is 105 Å². The molecule has 2 aromatic carbocycles. The fourth-order valence-corrected chi connectivity index (χ4v) is 5.63. The van der Waals surface area contributed by atoms with E-state index in [0.717, 1.165) is 62.3 Å². The molecule has 0 radical (unpaired) electrons. The van der Waals surface area contributed by atoms with Gasteiger partial charge in [0.1, 0.15) is 11.7 Å². The number of amidine groups is 1. The van der Waals surface area contributed by atoms with E-state index in [2.05, 4.69) is 15.6 Å². The van der Waals surface area contributed by atoms with Crippen molar-refractivity contribution in [3.8, 4) is 0 Å². The third-order valence-electron chi connectivity index (χ3n) is 7.48. The fraction of sp³-hybridized carbons (Fsp3) is 0.448. The molecule has 0 saturated heterocycles. The number of benzene rings is 2. The summed E-state index contributed by atoms with van der Waals surface area (Å²) in [6.45, 7) is 0. The van der Waals surface area contributed by atoms with Gasteiger partial charge in [-0.15, -0.1) is 0 Å². The van der Waals surface area contributed by atoms with E-state index in [9.17, 15) is 4.79 Å². The molecule has 4 N–H and O–H groups in total. The van der Waals surface area contributed by atoms with Crippen LogP contribution >= 0.6 is 11.6 Å². The predicted octanol–water partition coefficient (Wildman–Crippen LogP) is 5.86. The van der Waals surface area contributed by atoms with Gasteiger partial charge in [0, 0.05) is 28.1 Å². The van der Waals surface area contributed by atoms with Crippen molar-refractivity contribution in [1.82, 2.24) is 15.3 Å². The summed E-state index contributed by atoms with van der Waals surface area (Å²) in [7, 11) is 0. The van der Waals surface area contributed by atoms with Gasteiger partial charge >= 0.3 is 0 Å². The highest BCUT2D eigenvalue weighted by atomic mass is 35.5. The molecule has 1 aromatic heterocycles. The molecule has 2 atom stereocenters. The van der Waals surface area contributed by atoms with E-state index in [1.165, 1.54) is 12.8 Å². The quantitative estimate of drug-likeness (QED) is 0.215. The fourth-order valence-electron chi connectivity index (χ4n) is 5.46. The number of carbonyl (C=O) groups excluding carboxylic acids is 1. The van der Waals surface area contributed by atoms with Gasteiger partial charge in [0.25, 0.3) is 5.91 Å². The summed E-state index contributed by atoms with van der Waals surface area (Å²) in [5, 5.41) is 8.19. The lowest BCUT2D eigenvalue weighted by Gasteiger charge is -2.30. The first-order chi connectivity index (χ1) is 18.1. The molecule has 3 aromatic rings. The molecule has 0 spiro atoms. The molecule has 0 aliphatic heterocycles. The van der Waals surface area contributed by atoms with Crippen LogP contribution in [0.5, 0.6) is 0 Å². The van der Waals surface area contributed by atoms with Crippen molar-refractivity contribution >= 4 is 40.1 Å². The number of hydrogen-bond donors (Lipinski definition) is 3. The molecule has 194 valence electrons. The highest BCUT2D eigenvalue weighted by Gasteiger charge is 2.27. The van der Waals surface area contributed by atoms with Gasteiger partial charge in [-0.3, -0.25) is 9.79 Å². The molecule has 0 bridgehead atoms. The number of nitrogens with one attached hydrogen (secondary N) is 2. The van der Waals surface area contributed by atoms with E-state index >= 15 is 0 Å². The maximum atomic E-state index is 13.2. The van der Waals surface area contributed by atoms with Crippen molar-refractivity contribution in [1.29, 1.82) is 0 Å². The zero-order chi connectivity index (χ0) is 25.6. The molecular formula is C29H35ClN6O. The zero-order valence-electron chi connectivity index (χ0n) is 21.1. The summed E-state index contributed by atoms with van der Waals surface area (Å²) in [5.41, 5.74) is 7.99. The van der Waals surface area contributed by atoms with Crippen LogP contribution in [-0.2, 0) is 0 Å². The van der Waals surface area contributed by atoms with Crippen LogP contribution in [0.4, 0.5) is 5.82 Å². The van der Waals surface area contributed by atoms with Crippen molar-refractivity contribution in [2.75, 3.05) is 5.32 Å². The first kappa shape index (κ1) is 25.5. The minimum atomic E-state index is -0.224. The van der Waals surface area contributed by atoms with Gasteiger partial charge in [-0.25, -0.2) is 9.97 Å². The summed E-state index contributed by atoms with van der Waals surface area (Å²) in [4.78, 5) is 27.4. The Hall–Kier alpha value is -3.19. The van der Waals surface area contributed by atoms with Crippen LogP contribution in [0.15, 0.2) is 53.5 Å². The molecule has 8 heteroatoms. The Kier molecular flexibility index (Phi) is 8.19. The number of carbonyl (C=O) groups is 1. The van der Waals surface area contributed by atoms with E-state index in [0.29, 0.717) is 22.2 Å². The van der Waals surface area contributed by atoms with Gasteiger partial charge in [-0.05, 0) is 43.9 Å². The Morgan fingerprint density at radius 1 is 0.919 bits per heavy atom. The van der Waals surface area contributed by atoms with Crippen molar-refractivity contribution in [3.05, 3.63) is 64.9 Å². The van der Waals surface area contributed by atoms with Gasteiger partial charge in [0.05, 0.1) is 11.6 Å². The Labute approximate surface area is 223 Å².